The van der Waals surface area contributed by atoms with E-state index >= 15 is 0 Å². The maximum absolute atomic E-state index is 12.6. The Bertz CT molecular complexity index is 1130. The molecule has 0 bridgehead atoms. The molecule has 0 aliphatic heterocycles. The zero-order valence-corrected chi connectivity index (χ0v) is 18.8. The summed E-state index contributed by atoms with van der Waals surface area (Å²) in [5, 5.41) is 3.53. The Labute approximate surface area is 187 Å². The Kier molecular flexibility index (Phi) is 7.33. The Hall–Kier alpha value is -2.87. The fourth-order valence-corrected chi connectivity index (χ4v) is 4.43. The highest BCUT2D eigenvalue weighted by molar-refractivity contribution is 7.92. The minimum Gasteiger partial charge on any atom is -0.350 e. The topological polar surface area (TPSA) is 78.5 Å². The van der Waals surface area contributed by atoms with Crippen LogP contribution in [0.3, 0.4) is 0 Å². The first-order chi connectivity index (χ1) is 14.8. The molecule has 162 valence electrons. The van der Waals surface area contributed by atoms with Gasteiger partial charge in [0.25, 0.3) is 15.9 Å². The number of carbonyl (C=O) groups excluding carboxylic acids is 1. The van der Waals surface area contributed by atoms with Crippen LogP contribution in [0.1, 0.15) is 22.0 Å². The van der Waals surface area contributed by atoms with Crippen LogP contribution in [0, 0.1) is 0 Å². The number of hydrogen-bond acceptors (Lipinski definition) is 4. The molecule has 0 saturated carbocycles. The number of nitrogens with zero attached hydrogens (tertiary/aromatic N) is 1. The van der Waals surface area contributed by atoms with Crippen LogP contribution >= 0.6 is 11.6 Å². The molecule has 0 heterocycles. The maximum Gasteiger partial charge on any atom is 0.261 e. The Morgan fingerprint density at radius 1 is 0.935 bits per heavy atom. The van der Waals surface area contributed by atoms with Gasteiger partial charge in [-0.15, -0.1) is 0 Å². The van der Waals surface area contributed by atoms with Gasteiger partial charge in [0.05, 0.1) is 10.9 Å². The van der Waals surface area contributed by atoms with Gasteiger partial charge in [-0.25, -0.2) is 8.42 Å². The number of hydrogen-bond donors (Lipinski definition) is 2. The molecule has 3 aromatic carbocycles. The average Bonchev–Trinajstić information content (AvgIpc) is 2.75. The minimum atomic E-state index is -3.74. The summed E-state index contributed by atoms with van der Waals surface area (Å²) in [7, 11) is 0.0958. The molecule has 31 heavy (non-hydrogen) atoms. The molecule has 6 nitrogen and oxygen atoms in total. The summed E-state index contributed by atoms with van der Waals surface area (Å²) < 4.78 is 27.6. The summed E-state index contributed by atoms with van der Waals surface area (Å²) in [6.07, 6.45) is 0. The number of anilines is 1. The van der Waals surface area contributed by atoms with Gasteiger partial charge in [-0.2, -0.15) is 0 Å². The number of para-hydroxylation sites is 1. The van der Waals surface area contributed by atoms with Gasteiger partial charge in [-0.3, -0.25) is 9.52 Å². The molecule has 0 saturated heterocycles. The lowest BCUT2D eigenvalue weighted by Crippen LogP contribution is -2.34. The van der Waals surface area contributed by atoms with Crippen molar-refractivity contribution in [3.63, 3.8) is 0 Å². The van der Waals surface area contributed by atoms with E-state index in [1.807, 2.05) is 43.3 Å². The normalized spacial score (nSPS) is 12.4. The van der Waals surface area contributed by atoms with Crippen LogP contribution in [-0.2, 0) is 10.0 Å². The molecule has 1 amide bonds. The summed E-state index contributed by atoms with van der Waals surface area (Å²) in [5.74, 6) is -0.293. The summed E-state index contributed by atoms with van der Waals surface area (Å²) in [6.45, 7) is 0.352. The van der Waals surface area contributed by atoms with E-state index in [1.165, 1.54) is 24.3 Å². The van der Waals surface area contributed by atoms with Crippen molar-refractivity contribution in [3.8, 4) is 0 Å². The number of benzene rings is 3. The van der Waals surface area contributed by atoms with Gasteiger partial charge in [0.15, 0.2) is 0 Å². The maximum atomic E-state index is 12.6. The van der Waals surface area contributed by atoms with Crippen LogP contribution < -0.4 is 10.0 Å². The minimum absolute atomic E-state index is 0.0788. The van der Waals surface area contributed by atoms with Crippen LogP contribution in [0.2, 0.25) is 5.02 Å². The third-order valence-electron chi connectivity index (χ3n) is 4.80. The lowest BCUT2D eigenvalue weighted by atomic mass is 10.1. The lowest BCUT2D eigenvalue weighted by Gasteiger charge is -2.26. The van der Waals surface area contributed by atoms with Crippen molar-refractivity contribution >= 4 is 33.2 Å². The first kappa shape index (κ1) is 22.8. The number of halogens is 1. The molecule has 3 rings (SSSR count). The first-order valence-corrected chi connectivity index (χ1v) is 11.5. The highest BCUT2D eigenvalue weighted by Crippen LogP contribution is 2.25. The Morgan fingerprint density at radius 2 is 1.55 bits per heavy atom. The molecule has 2 N–H and O–H groups in total. The summed E-state index contributed by atoms with van der Waals surface area (Å²) in [6, 6.07) is 21.9. The highest BCUT2D eigenvalue weighted by atomic mass is 35.5. The van der Waals surface area contributed by atoms with Crippen LogP contribution in [0.25, 0.3) is 0 Å². The number of nitrogens with one attached hydrogen (secondary N) is 2. The second kappa shape index (κ2) is 9.96. The van der Waals surface area contributed by atoms with E-state index in [0.717, 1.165) is 5.56 Å². The molecule has 1 unspecified atom stereocenters. The van der Waals surface area contributed by atoms with Gasteiger partial charge in [-0.1, -0.05) is 48.0 Å². The van der Waals surface area contributed by atoms with Crippen LogP contribution in [0.15, 0.2) is 83.8 Å². The molecule has 0 spiro atoms. The molecule has 0 fully saturated rings. The van der Waals surface area contributed by atoms with E-state index < -0.39 is 10.0 Å². The lowest BCUT2D eigenvalue weighted by molar-refractivity contribution is 0.0942. The Balaban J connectivity index is 1.68. The van der Waals surface area contributed by atoms with Crippen molar-refractivity contribution in [2.45, 2.75) is 10.9 Å². The van der Waals surface area contributed by atoms with Crippen LogP contribution in [-0.4, -0.2) is 39.9 Å². The summed E-state index contributed by atoms with van der Waals surface area (Å²) in [5.41, 5.74) is 1.76. The van der Waals surface area contributed by atoms with E-state index in [2.05, 4.69) is 10.0 Å². The smallest absolute Gasteiger partial charge is 0.261 e. The monoisotopic (exact) mass is 457 g/mol. The quantitative estimate of drug-likeness (QED) is 0.532. The van der Waals surface area contributed by atoms with Crippen molar-refractivity contribution in [2.24, 2.45) is 0 Å². The molecule has 3 aromatic rings. The predicted molar refractivity (Wildman–Crippen MR) is 124 cm³/mol. The van der Waals surface area contributed by atoms with Crippen LogP contribution in [0.5, 0.6) is 0 Å². The van der Waals surface area contributed by atoms with Gasteiger partial charge >= 0.3 is 0 Å². The molecule has 0 aliphatic rings. The van der Waals surface area contributed by atoms with Gasteiger partial charge in [0, 0.05) is 22.8 Å². The first-order valence-electron chi connectivity index (χ1n) is 9.65. The Morgan fingerprint density at radius 3 is 2.16 bits per heavy atom. The van der Waals surface area contributed by atoms with E-state index in [-0.39, 0.29) is 16.8 Å². The fraction of sp³-hybridized carbons (Fsp3) is 0.174. The van der Waals surface area contributed by atoms with E-state index in [9.17, 15) is 13.2 Å². The SMILES string of the molecule is CN(C)C(CNC(=O)c1ccc(S(=O)(=O)Nc2ccccc2)cc1)c1ccccc1Cl. The number of rotatable bonds is 8. The second-order valence-electron chi connectivity index (χ2n) is 7.21. The summed E-state index contributed by atoms with van der Waals surface area (Å²) >= 11 is 6.31. The molecular formula is C23H24ClN3O3S. The molecule has 8 heteroatoms. The van der Waals surface area contributed by atoms with Crippen molar-refractivity contribution in [2.75, 3.05) is 25.4 Å². The third-order valence-corrected chi connectivity index (χ3v) is 6.54. The van der Waals surface area contributed by atoms with E-state index in [4.69, 9.17) is 11.6 Å². The predicted octanol–water partition coefficient (Wildman–Crippen LogP) is 4.17. The van der Waals surface area contributed by atoms with Crippen molar-refractivity contribution in [1.29, 1.82) is 0 Å². The molecule has 1 atom stereocenters. The molecule has 0 aromatic heterocycles. The zero-order chi connectivity index (χ0) is 22.4. The number of likely N-dealkylation sites (N-methyl/N-ethyl adjacent to an activating group) is 1. The fourth-order valence-electron chi connectivity index (χ4n) is 3.11. The van der Waals surface area contributed by atoms with E-state index in [0.29, 0.717) is 22.8 Å². The highest BCUT2D eigenvalue weighted by Gasteiger charge is 2.19. The number of carbonyl (C=O) groups is 1. The van der Waals surface area contributed by atoms with E-state index in [1.54, 1.807) is 30.3 Å². The second-order valence-corrected chi connectivity index (χ2v) is 9.30. The number of amides is 1. The summed E-state index contributed by atoms with van der Waals surface area (Å²) in [4.78, 5) is 14.7. The standard InChI is InChI=1S/C23H24ClN3O3S/c1-27(2)22(20-10-6-7-11-21(20)24)16-25-23(28)17-12-14-19(15-13-17)31(29,30)26-18-8-4-3-5-9-18/h3-15,22,26H,16H2,1-2H3,(H,25,28). The van der Waals surface area contributed by atoms with Gasteiger partial charge in [-0.05, 0) is 62.1 Å². The largest absolute Gasteiger partial charge is 0.350 e. The molecule has 0 aliphatic carbocycles. The van der Waals surface area contributed by atoms with Crippen LogP contribution in [0.4, 0.5) is 5.69 Å². The molecule has 0 radical (unpaired) electrons. The van der Waals surface area contributed by atoms with Gasteiger partial charge in [0.2, 0.25) is 0 Å². The van der Waals surface area contributed by atoms with Gasteiger partial charge < -0.3 is 10.2 Å². The number of sulfonamides is 1. The average molecular weight is 458 g/mol. The van der Waals surface area contributed by atoms with Crippen molar-refractivity contribution in [1.82, 2.24) is 10.2 Å². The third kappa shape index (κ3) is 5.85. The van der Waals surface area contributed by atoms with Crippen molar-refractivity contribution < 1.29 is 13.2 Å². The van der Waals surface area contributed by atoms with Crippen molar-refractivity contribution in [3.05, 3.63) is 95.0 Å². The molecular weight excluding hydrogens is 434 g/mol. The van der Waals surface area contributed by atoms with Gasteiger partial charge in [0.1, 0.15) is 0 Å². The zero-order valence-electron chi connectivity index (χ0n) is 17.2.